The van der Waals surface area contributed by atoms with Crippen LogP contribution in [0.1, 0.15) is 33.3 Å². The van der Waals surface area contributed by atoms with Gasteiger partial charge in [-0.15, -0.1) is 0 Å². The second kappa shape index (κ2) is 6.67. The van der Waals surface area contributed by atoms with Gasteiger partial charge < -0.3 is 4.74 Å². The lowest BCUT2D eigenvalue weighted by Crippen LogP contribution is -2.27. The van der Waals surface area contributed by atoms with Crippen LogP contribution < -0.4 is 5.32 Å². The van der Waals surface area contributed by atoms with E-state index < -0.39 is 11.7 Å². The van der Waals surface area contributed by atoms with E-state index in [1.807, 2.05) is 63.1 Å². The topological polar surface area (TPSA) is 55.4 Å². The molecular formula is C19H21NO3. The van der Waals surface area contributed by atoms with Crippen LogP contribution in [0.25, 0.3) is 10.8 Å². The van der Waals surface area contributed by atoms with Crippen molar-refractivity contribution in [3.63, 3.8) is 0 Å². The van der Waals surface area contributed by atoms with Gasteiger partial charge in [0.15, 0.2) is 0 Å². The molecule has 120 valence electrons. The van der Waals surface area contributed by atoms with Gasteiger partial charge in [-0.25, -0.2) is 9.59 Å². The summed E-state index contributed by atoms with van der Waals surface area (Å²) >= 11 is 0. The van der Waals surface area contributed by atoms with E-state index in [1.54, 1.807) is 6.92 Å². The molecule has 0 heterocycles. The monoisotopic (exact) mass is 311 g/mol. The Morgan fingerprint density at radius 2 is 1.96 bits per heavy atom. The van der Waals surface area contributed by atoms with Gasteiger partial charge in [0.25, 0.3) is 0 Å². The first-order valence-corrected chi connectivity index (χ1v) is 7.51. The number of nitrogens with one attached hydrogen (secondary N) is 1. The van der Waals surface area contributed by atoms with Crippen LogP contribution in [-0.4, -0.2) is 17.6 Å². The molecule has 2 rings (SSSR count). The van der Waals surface area contributed by atoms with Crippen LogP contribution in [-0.2, 0) is 16.0 Å². The van der Waals surface area contributed by atoms with Crippen LogP contribution in [0.4, 0.5) is 10.5 Å². The summed E-state index contributed by atoms with van der Waals surface area (Å²) in [6.07, 6.45) is 0.0902. The Morgan fingerprint density at radius 1 is 1.22 bits per heavy atom. The molecule has 0 aromatic heterocycles. The number of benzene rings is 2. The summed E-state index contributed by atoms with van der Waals surface area (Å²) < 4.78 is 5.25. The van der Waals surface area contributed by atoms with E-state index in [0.29, 0.717) is 17.7 Å². The molecule has 0 atom stereocenters. The van der Waals surface area contributed by atoms with Crippen LogP contribution in [0.3, 0.4) is 0 Å². The van der Waals surface area contributed by atoms with Crippen molar-refractivity contribution in [1.29, 1.82) is 0 Å². The quantitative estimate of drug-likeness (QED) is 0.849. The number of carbonyl (C=O) groups is 1. The van der Waals surface area contributed by atoms with Gasteiger partial charge in [-0.3, -0.25) is 5.32 Å². The number of carbonyl (C=O) groups excluding carboxylic acids is 2. The van der Waals surface area contributed by atoms with Crippen molar-refractivity contribution < 1.29 is 14.3 Å². The van der Waals surface area contributed by atoms with E-state index in [2.05, 4.69) is 5.32 Å². The van der Waals surface area contributed by atoms with Gasteiger partial charge in [0.05, 0.1) is 0 Å². The zero-order valence-corrected chi connectivity index (χ0v) is 13.9. The molecule has 0 radical (unpaired) electrons. The molecule has 0 saturated heterocycles. The number of anilines is 1. The molecule has 1 N–H and O–H groups in total. The van der Waals surface area contributed by atoms with Crippen molar-refractivity contribution >= 4 is 28.5 Å². The molecule has 0 fully saturated rings. The number of fused-ring (bicyclic) bond motifs is 1. The van der Waals surface area contributed by atoms with Crippen LogP contribution in [0, 0.1) is 0 Å². The van der Waals surface area contributed by atoms with Crippen molar-refractivity contribution in [2.24, 2.45) is 0 Å². The number of amides is 1. The zero-order chi connectivity index (χ0) is 17.0. The number of rotatable bonds is 3. The summed E-state index contributed by atoms with van der Waals surface area (Å²) in [4.78, 5) is 22.5. The minimum Gasteiger partial charge on any atom is -0.444 e. The Labute approximate surface area is 136 Å². The maximum absolute atomic E-state index is 11.8. The maximum atomic E-state index is 11.8. The van der Waals surface area contributed by atoms with E-state index in [1.165, 1.54) is 0 Å². The molecular weight excluding hydrogens is 290 g/mol. The van der Waals surface area contributed by atoms with Crippen LogP contribution in [0.2, 0.25) is 0 Å². The first-order chi connectivity index (χ1) is 10.8. The average molecular weight is 311 g/mol. The van der Waals surface area contributed by atoms with E-state index >= 15 is 0 Å². The summed E-state index contributed by atoms with van der Waals surface area (Å²) in [6.45, 7) is 7.23. The number of ether oxygens (including phenoxy) is 1. The van der Waals surface area contributed by atoms with Crippen molar-refractivity contribution in [3.8, 4) is 0 Å². The van der Waals surface area contributed by atoms with Gasteiger partial charge in [0, 0.05) is 17.7 Å². The van der Waals surface area contributed by atoms with Gasteiger partial charge in [-0.2, -0.15) is 0 Å². The van der Waals surface area contributed by atoms with Gasteiger partial charge in [0.1, 0.15) is 11.5 Å². The summed E-state index contributed by atoms with van der Waals surface area (Å²) in [5.74, 6) is 1.93. The third-order valence-electron chi connectivity index (χ3n) is 3.25. The second-order valence-electron chi connectivity index (χ2n) is 6.54. The lowest BCUT2D eigenvalue weighted by molar-refractivity contribution is 0.0636. The highest BCUT2D eigenvalue weighted by molar-refractivity contribution is 5.93. The third-order valence-corrected chi connectivity index (χ3v) is 3.25. The van der Waals surface area contributed by atoms with E-state index in [9.17, 15) is 9.59 Å². The molecule has 0 aliphatic rings. The van der Waals surface area contributed by atoms with E-state index in [-0.39, 0.29) is 0 Å². The largest absolute Gasteiger partial charge is 0.444 e. The third kappa shape index (κ3) is 4.70. The van der Waals surface area contributed by atoms with E-state index in [0.717, 1.165) is 16.3 Å². The van der Waals surface area contributed by atoms with Crippen LogP contribution in [0.15, 0.2) is 42.0 Å². The highest BCUT2D eigenvalue weighted by atomic mass is 16.6. The average Bonchev–Trinajstić information content (AvgIpc) is 2.45. The predicted molar refractivity (Wildman–Crippen MR) is 92.4 cm³/mol. The highest BCUT2D eigenvalue weighted by Crippen LogP contribution is 2.24. The van der Waals surface area contributed by atoms with Gasteiger partial charge in [0.2, 0.25) is 0 Å². The maximum Gasteiger partial charge on any atom is 0.412 e. The fourth-order valence-electron chi connectivity index (χ4n) is 2.33. The summed E-state index contributed by atoms with van der Waals surface area (Å²) in [5.41, 5.74) is 1.86. The fraction of sp³-hybridized carbons (Fsp3) is 0.316. The lowest BCUT2D eigenvalue weighted by Gasteiger charge is -2.19. The van der Waals surface area contributed by atoms with Crippen molar-refractivity contribution in [2.75, 3.05) is 5.32 Å². The normalized spacial score (nSPS) is 11.0. The first-order valence-electron chi connectivity index (χ1n) is 7.51. The van der Waals surface area contributed by atoms with Crippen molar-refractivity contribution in [3.05, 3.63) is 47.5 Å². The predicted octanol–water partition coefficient (Wildman–Crippen LogP) is 4.51. The standard InChI is InChI=1S/C19H21NO3/c1-13(12-21)10-14-6-5-7-15-11-16(8-9-17(14)15)20-18(22)23-19(2,3)4/h5-9,11H,10H2,1-4H3,(H,20,22). The zero-order valence-electron chi connectivity index (χ0n) is 13.9. The molecule has 2 aromatic rings. The molecule has 1 amide bonds. The Balaban J connectivity index is 2.26. The minimum atomic E-state index is -0.535. The Kier molecular flexibility index (Phi) is 4.87. The Bertz CT molecular complexity index is 781. The second-order valence-corrected chi connectivity index (χ2v) is 6.54. The van der Waals surface area contributed by atoms with E-state index in [4.69, 9.17) is 4.74 Å². The molecule has 0 spiro atoms. The van der Waals surface area contributed by atoms with Crippen LogP contribution >= 0.6 is 0 Å². The molecule has 23 heavy (non-hydrogen) atoms. The minimum absolute atomic E-state index is 0.479. The number of hydrogen-bond donors (Lipinski definition) is 1. The molecule has 4 heteroatoms. The molecule has 0 unspecified atom stereocenters. The molecule has 2 aromatic carbocycles. The van der Waals surface area contributed by atoms with Gasteiger partial charge in [-0.1, -0.05) is 24.3 Å². The number of allylic oxidation sites excluding steroid dienone is 1. The first kappa shape index (κ1) is 16.8. The van der Waals surface area contributed by atoms with Crippen molar-refractivity contribution in [1.82, 2.24) is 0 Å². The fourth-order valence-corrected chi connectivity index (χ4v) is 2.33. The Morgan fingerprint density at radius 3 is 2.61 bits per heavy atom. The molecule has 0 bridgehead atoms. The number of hydrogen-bond acceptors (Lipinski definition) is 3. The summed E-state index contributed by atoms with van der Waals surface area (Å²) in [5, 5.41) is 4.78. The lowest BCUT2D eigenvalue weighted by atomic mass is 9.99. The summed E-state index contributed by atoms with van der Waals surface area (Å²) in [7, 11) is 0. The van der Waals surface area contributed by atoms with Gasteiger partial charge >= 0.3 is 6.09 Å². The summed E-state index contributed by atoms with van der Waals surface area (Å²) in [6, 6.07) is 11.6. The Hall–Kier alpha value is -2.58. The molecule has 0 saturated carbocycles. The molecule has 0 aliphatic carbocycles. The molecule has 0 aliphatic heterocycles. The smallest absolute Gasteiger partial charge is 0.412 e. The van der Waals surface area contributed by atoms with Gasteiger partial charge in [-0.05, 0) is 56.2 Å². The van der Waals surface area contributed by atoms with Crippen LogP contribution in [0.5, 0.6) is 0 Å². The van der Waals surface area contributed by atoms with Crippen molar-refractivity contribution in [2.45, 2.75) is 39.7 Å². The highest BCUT2D eigenvalue weighted by Gasteiger charge is 2.16. The molecule has 4 nitrogen and oxygen atoms in total. The SMILES string of the molecule is CC(=C=O)Cc1cccc2cc(NC(=O)OC(C)(C)C)ccc12.